The third kappa shape index (κ3) is 2.74. The molecule has 0 heterocycles. The summed E-state index contributed by atoms with van der Waals surface area (Å²) in [5.41, 5.74) is 0.752. The molecule has 0 fully saturated rings. The quantitative estimate of drug-likeness (QED) is 0.758. The van der Waals surface area contributed by atoms with Gasteiger partial charge in [0.1, 0.15) is 0 Å². The minimum absolute atomic E-state index is 0.0911. The van der Waals surface area contributed by atoms with E-state index < -0.39 is 21.6 Å². The van der Waals surface area contributed by atoms with Crippen molar-refractivity contribution in [2.45, 2.75) is 6.92 Å². The van der Waals surface area contributed by atoms with E-state index in [4.69, 9.17) is 0 Å². The van der Waals surface area contributed by atoms with Crippen LogP contribution in [0.25, 0.3) is 0 Å². The Morgan fingerprint density at radius 2 is 1.92 bits per heavy atom. The van der Waals surface area contributed by atoms with Gasteiger partial charge in [0.15, 0.2) is 0 Å². The first-order chi connectivity index (χ1) is 5.72. The molecule has 12 heavy (non-hydrogen) atoms. The Morgan fingerprint density at radius 1 is 1.33 bits per heavy atom. The van der Waals surface area contributed by atoms with Crippen LogP contribution in [0.15, 0.2) is 24.3 Å². The molecule has 0 spiro atoms. The van der Waals surface area contributed by atoms with Crippen molar-refractivity contribution in [3.63, 3.8) is 0 Å². The number of nitrogens with one attached hydrogen (secondary N) is 1. The first-order valence-electron chi connectivity index (χ1n) is 3.55. The van der Waals surface area contributed by atoms with E-state index in [0.717, 1.165) is 9.20 Å². The molecule has 64 valence electrons. The standard InChI is InChI=1S/C8H8NO.O.Sb.2H/c1-7(10)9-8-5-3-2-4-6-8;;;;/h3-6H,1H3,(H,9,10);;;;. The number of carbonyl (C=O) groups is 1. The monoisotopic (exact) mass is 273 g/mol. The molecule has 0 aliphatic heterocycles. The predicted octanol–water partition coefficient (Wildman–Crippen LogP) is -0.215. The van der Waals surface area contributed by atoms with Crippen LogP contribution in [0, 0.1) is 0 Å². The second-order valence-electron chi connectivity index (χ2n) is 2.42. The van der Waals surface area contributed by atoms with Gasteiger partial charge in [0.2, 0.25) is 0 Å². The Kier molecular flexibility index (Phi) is 3.42. The third-order valence-corrected chi connectivity index (χ3v) is 3.24. The minimum atomic E-state index is -1.72. The molecule has 0 radical (unpaired) electrons. The van der Waals surface area contributed by atoms with Gasteiger partial charge in [-0.1, -0.05) is 0 Å². The van der Waals surface area contributed by atoms with Crippen LogP contribution in [-0.2, 0) is 7.81 Å². The molecule has 1 aromatic rings. The summed E-state index contributed by atoms with van der Waals surface area (Å²) in [4.78, 5) is 10.6. The summed E-state index contributed by atoms with van der Waals surface area (Å²) in [5.74, 6) is -0.0911. The zero-order valence-corrected chi connectivity index (χ0v) is 10.00. The Balaban J connectivity index is 2.77. The van der Waals surface area contributed by atoms with Crippen LogP contribution < -0.4 is 8.83 Å². The molecule has 1 N–H and O–H groups in total. The third-order valence-electron chi connectivity index (χ3n) is 1.37. The topological polar surface area (TPSA) is 46.2 Å². The van der Waals surface area contributed by atoms with Gasteiger partial charge in [0, 0.05) is 0 Å². The van der Waals surface area contributed by atoms with Crippen molar-refractivity contribution >= 4 is 36.7 Å². The first-order valence-corrected chi connectivity index (χ1v) is 6.54. The Labute approximate surface area is 81.1 Å². The summed E-state index contributed by atoms with van der Waals surface area (Å²) >= 11 is -1.72. The van der Waals surface area contributed by atoms with Crippen LogP contribution in [0.4, 0.5) is 5.69 Å². The Morgan fingerprint density at radius 3 is 2.33 bits per heavy atom. The number of anilines is 1. The number of carbonyl (C=O) groups excluding carboxylic acids is 1. The second-order valence-corrected chi connectivity index (χ2v) is 5.00. The summed E-state index contributed by atoms with van der Waals surface area (Å²) in [5, 5.41) is 2.64. The molecule has 0 saturated carbocycles. The van der Waals surface area contributed by atoms with Gasteiger partial charge in [0.25, 0.3) is 0 Å². The average molecular weight is 274 g/mol. The van der Waals surface area contributed by atoms with Crippen LogP contribution in [0.2, 0.25) is 0 Å². The maximum absolute atomic E-state index is 10.6. The van der Waals surface area contributed by atoms with Gasteiger partial charge in [-0.3, -0.25) is 0 Å². The van der Waals surface area contributed by atoms with Gasteiger partial charge in [0.05, 0.1) is 0 Å². The maximum atomic E-state index is 10.6. The van der Waals surface area contributed by atoms with E-state index in [1.54, 1.807) is 24.3 Å². The second kappa shape index (κ2) is 4.36. The van der Waals surface area contributed by atoms with Crippen LogP contribution in [-0.4, -0.2) is 27.5 Å². The molecule has 1 amide bonds. The van der Waals surface area contributed by atoms with Crippen molar-refractivity contribution in [3.8, 4) is 0 Å². The fraction of sp³-hybridized carbons (Fsp3) is 0.125. The SMILES string of the molecule is CC(=O)Nc1cc[c]([SbH2]=[O])cc1. The van der Waals surface area contributed by atoms with E-state index in [9.17, 15) is 7.81 Å². The van der Waals surface area contributed by atoms with Gasteiger partial charge in [-0.25, -0.2) is 0 Å². The molecule has 0 aromatic heterocycles. The molecule has 0 aliphatic carbocycles. The van der Waals surface area contributed by atoms with Crippen molar-refractivity contribution < 1.29 is 7.81 Å². The fourth-order valence-corrected chi connectivity index (χ4v) is 1.85. The zero-order chi connectivity index (χ0) is 8.97. The number of rotatable bonds is 2. The van der Waals surface area contributed by atoms with E-state index in [-0.39, 0.29) is 5.91 Å². The van der Waals surface area contributed by atoms with E-state index in [2.05, 4.69) is 5.32 Å². The van der Waals surface area contributed by atoms with Gasteiger partial charge in [-0.2, -0.15) is 0 Å². The zero-order valence-electron chi connectivity index (χ0n) is 6.70. The van der Waals surface area contributed by atoms with Crippen LogP contribution in [0.3, 0.4) is 0 Å². The molecule has 4 heteroatoms. The number of hydrogen-bond donors (Lipinski definition) is 1. The van der Waals surface area contributed by atoms with Gasteiger partial charge < -0.3 is 0 Å². The summed E-state index contributed by atoms with van der Waals surface area (Å²) in [7, 11) is 0. The van der Waals surface area contributed by atoms with Crippen molar-refractivity contribution in [2.24, 2.45) is 0 Å². The molecular formula is C8H10NO2Sb. The van der Waals surface area contributed by atoms with Crippen molar-refractivity contribution in [2.75, 3.05) is 5.32 Å². The predicted molar refractivity (Wildman–Crippen MR) is 49.6 cm³/mol. The number of amides is 1. The van der Waals surface area contributed by atoms with E-state index >= 15 is 0 Å². The number of hydrogen-bond acceptors (Lipinski definition) is 2. The van der Waals surface area contributed by atoms with E-state index in [0.29, 0.717) is 0 Å². The Hall–Kier alpha value is -0.692. The van der Waals surface area contributed by atoms with E-state index in [1.807, 2.05) is 0 Å². The van der Waals surface area contributed by atoms with Crippen molar-refractivity contribution in [3.05, 3.63) is 24.3 Å². The van der Waals surface area contributed by atoms with Gasteiger partial charge >= 0.3 is 81.0 Å². The molecular weight excluding hydrogens is 264 g/mol. The van der Waals surface area contributed by atoms with Crippen molar-refractivity contribution in [1.29, 1.82) is 0 Å². The van der Waals surface area contributed by atoms with E-state index in [1.165, 1.54) is 6.92 Å². The van der Waals surface area contributed by atoms with Gasteiger partial charge in [-0.15, -0.1) is 0 Å². The molecule has 1 aromatic carbocycles. The summed E-state index contributed by atoms with van der Waals surface area (Å²) in [6.07, 6.45) is 0. The van der Waals surface area contributed by atoms with Crippen molar-refractivity contribution in [1.82, 2.24) is 0 Å². The van der Waals surface area contributed by atoms with Gasteiger partial charge in [-0.05, 0) is 0 Å². The molecule has 0 aliphatic rings. The molecule has 0 saturated heterocycles. The van der Waals surface area contributed by atoms with Crippen LogP contribution >= 0.6 is 0 Å². The summed E-state index contributed by atoms with van der Waals surface area (Å²) < 4.78 is 11.5. The molecule has 1 rings (SSSR count). The first kappa shape index (κ1) is 9.40. The number of benzene rings is 1. The average Bonchev–Trinajstić information content (AvgIpc) is 2.05. The molecule has 0 unspecified atom stereocenters. The molecule has 0 bridgehead atoms. The van der Waals surface area contributed by atoms with Crippen LogP contribution in [0.5, 0.6) is 0 Å². The molecule has 0 atom stereocenters. The summed E-state index contributed by atoms with van der Waals surface area (Å²) in [6.45, 7) is 1.46. The summed E-state index contributed by atoms with van der Waals surface area (Å²) in [6, 6.07) is 7.11. The molecule has 3 nitrogen and oxygen atoms in total. The Bertz CT molecular complexity index is 294. The normalized spacial score (nSPS) is 10.4. The van der Waals surface area contributed by atoms with Crippen LogP contribution in [0.1, 0.15) is 6.92 Å². The fourth-order valence-electron chi connectivity index (χ4n) is 0.848.